The zero-order valence-corrected chi connectivity index (χ0v) is 38.5. The zero-order chi connectivity index (χ0) is 48.1. The monoisotopic (exact) mass is 918 g/mol. The third-order valence-electron chi connectivity index (χ3n) is 13.5. The van der Waals surface area contributed by atoms with E-state index in [2.05, 4.69) is 129 Å². The van der Waals surface area contributed by atoms with Crippen LogP contribution in [0.5, 0.6) is 0 Å². The van der Waals surface area contributed by atoms with Gasteiger partial charge in [-0.3, -0.25) is 4.98 Å². The minimum Gasteiger partial charge on any atom is -0.309 e. The Morgan fingerprint density at radius 3 is 1.40 bits per heavy atom. The molecule has 0 fully saturated rings. The van der Waals surface area contributed by atoms with Crippen LogP contribution in [0.25, 0.3) is 127 Å². The topological polar surface area (TPSA) is 89.6 Å². The van der Waals surface area contributed by atoms with Gasteiger partial charge in [-0.25, -0.2) is 19.8 Å². The quantitative estimate of drug-likeness (QED) is 0.142. The Kier molecular flexibility index (Phi) is 10.1. The van der Waals surface area contributed by atoms with Crippen molar-refractivity contribution in [2.75, 3.05) is 0 Å². The van der Waals surface area contributed by atoms with Gasteiger partial charge in [0.2, 0.25) is 0 Å². The fraction of sp³-hybridized carbons (Fsp3) is 0. The predicted octanol–water partition coefficient (Wildman–Crippen LogP) is 15.9. The summed E-state index contributed by atoms with van der Waals surface area (Å²) in [7, 11) is 0. The molecule has 0 saturated heterocycles. The van der Waals surface area contributed by atoms with Crippen LogP contribution in [-0.4, -0.2) is 29.1 Å². The van der Waals surface area contributed by atoms with E-state index >= 15 is 0 Å². The third-order valence-corrected chi connectivity index (χ3v) is 13.5. The van der Waals surface area contributed by atoms with Crippen LogP contribution in [-0.2, 0) is 0 Å². The lowest BCUT2D eigenvalue weighted by molar-refractivity contribution is 1.07. The van der Waals surface area contributed by atoms with E-state index < -0.39 is 0 Å². The molecular formula is C64H38N8. The molecule has 0 aliphatic heterocycles. The SMILES string of the molecule is [C-]#[N+]c1ccc(-c2ccc3c(c2)c2ccccc2n3-c2cc(-c3nc(-c4ccccc4)nc(-c4ccccc4)n3)ccc2-c2ccncc2-n2c3ccccc3c3cc(-c4ccc(C#N)cc4)ccc32)cc1. The molecule has 0 amide bonds. The van der Waals surface area contributed by atoms with Gasteiger partial charge >= 0.3 is 0 Å². The average Bonchev–Trinajstić information content (AvgIpc) is 3.97. The smallest absolute Gasteiger partial charge is 0.187 e. The molecule has 334 valence electrons. The highest BCUT2D eigenvalue weighted by Crippen LogP contribution is 2.43. The molecule has 8 heteroatoms. The number of pyridine rings is 1. The molecule has 0 bridgehead atoms. The van der Waals surface area contributed by atoms with Crippen LogP contribution in [0, 0.1) is 17.9 Å². The highest BCUT2D eigenvalue weighted by molar-refractivity contribution is 6.13. The number of nitrogens with zero attached hydrogens (tertiary/aromatic N) is 8. The number of benzene rings is 9. The Hall–Kier alpha value is -10.3. The van der Waals surface area contributed by atoms with Crippen LogP contribution in [0.2, 0.25) is 0 Å². The fourth-order valence-electron chi connectivity index (χ4n) is 10.1. The standard InChI is InChI=1S/C64H38N8/c1-66-49-29-24-43(25-30-49)47-27-32-58-54(37-47)50-16-8-10-18-56(50)71(58)60-38-48(64-69-62(44-12-4-2-5-13-44)68-63(70-64)45-14-6-3-7-15-45)26-31-52(60)53-34-35-67-40-61(53)72-57-19-11-9-17-51(57)55-36-46(28-33-59(55)72)42-22-20-41(39-65)21-23-42/h2-38,40H. The van der Waals surface area contributed by atoms with Crippen LogP contribution >= 0.6 is 0 Å². The first-order valence-corrected chi connectivity index (χ1v) is 23.6. The Morgan fingerprint density at radius 1 is 0.389 bits per heavy atom. The first-order valence-electron chi connectivity index (χ1n) is 23.6. The van der Waals surface area contributed by atoms with E-state index in [1.807, 2.05) is 122 Å². The molecule has 13 rings (SSSR count). The van der Waals surface area contributed by atoms with Crippen LogP contribution in [0.3, 0.4) is 0 Å². The van der Waals surface area contributed by atoms with Gasteiger partial charge in [-0.1, -0.05) is 158 Å². The summed E-state index contributed by atoms with van der Waals surface area (Å²) in [4.78, 5) is 23.8. The molecule has 9 aromatic carbocycles. The maximum Gasteiger partial charge on any atom is 0.187 e. The van der Waals surface area contributed by atoms with Crippen molar-refractivity contribution in [3.05, 3.63) is 248 Å². The third kappa shape index (κ3) is 7.15. The zero-order valence-electron chi connectivity index (χ0n) is 38.5. The van der Waals surface area contributed by atoms with E-state index in [1.54, 1.807) is 0 Å². The first kappa shape index (κ1) is 41.9. The maximum absolute atomic E-state index is 9.49. The number of fused-ring (bicyclic) bond motifs is 6. The van der Waals surface area contributed by atoms with Gasteiger partial charge < -0.3 is 9.13 Å². The molecule has 4 aromatic heterocycles. The van der Waals surface area contributed by atoms with Gasteiger partial charge in [0.25, 0.3) is 0 Å². The number of para-hydroxylation sites is 2. The van der Waals surface area contributed by atoms with Gasteiger partial charge in [-0.05, 0) is 82.9 Å². The van der Waals surface area contributed by atoms with Crippen LogP contribution < -0.4 is 0 Å². The van der Waals surface area contributed by atoms with Gasteiger partial charge in [-0.2, -0.15) is 5.26 Å². The minimum absolute atomic E-state index is 0.553. The minimum atomic E-state index is 0.553. The van der Waals surface area contributed by atoms with Crippen molar-refractivity contribution in [1.29, 1.82) is 5.26 Å². The van der Waals surface area contributed by atoms with E-state index in [1.165, 1.54) is 0 Å². The van der Waals surface area contributed by atoms with E-state index in [-0.39, 0.29) is 0 Å². The lowest BCUT2D eigenvalue weighted by Gasteiger charge is -2.19. The molecule has 72 heavy (non-hydrogen) atoms. The summed E-state index contributed by atoms with van der Waals surface area (Å²) < 4.78 is 4.70. The van der Waals surface area contributed by atoms with Crippen molar-refractivity contribution < 1.29 is 0 Å². The molecule has 4 heterocycles. The number of hydrogen-bond acceptors (Lipinski definition) is 5. The summed E-state index contributed by atoms with van der Waals surface area (Å²) in [5, 5.41) is 13.9. The second-order valence-corrected chi connectivity index (χ2v) is 17.7. The maximum atomic E-state index is 9.49. The fourth-order valence-corrected chi connectivity index (χ4v) is 10.1. The molecular weight excluding hydrogens is 881 g/mol. The van der Waals surface area contributed by atoms with Crippen LogP contribution in [0.1, 0.15) is 5.56 Å². The van der Waals surface area contributed by atoms with Crippen molar-refractivity contribution in [3.63, 3.8) is 0 Å². The summed E-state index contributed by atoms with van der Waals surface area (Å²) in [5.41, 5.74) is 16.1. The summed E-state index contributed by atoms with van der Waals surface area (Å²) in [5.74, 6) is 1.73. The van der Waals surface area contributed by atoms with E-state index in [0.717, 1.165) is 105 Å². The molecule has 0 N–H and O–H groups in total. The number of hydrogen-bond donors (Lipinski definition) is 0. The summed E-state index contributed by atoms with van der Waals surface area (Å²) in [6, 6.07) is 76.9. The average molecular weight is 919 g/mol. The largest absolute Gasteiger partial charge is 0.309 e. The van der Waals surface area contributed by atoms with Gasteiger partial charge in [-0.15, -0.1) is 0 Å². The van der Waals surface area contributed by atoms with E-state index in [9.17, 15) is 5.26 Å². The molecule has 0 aliphatic rings. The first-order chi connectivity index (χ1) is 35.6. The highest BCUT2D eigenvalue weighted by atomic mass is 15.0. The van der Waals surface area contributed by atoms with Crippen LogP contribution in [0.4, 0.5) is 5.69 Å². The van der Waals surface area contributed by atoms with E-state index in [0.29, 0.717) is 28.7 Å². The van der Waals surface area contributed by atoms with Crippen molar-refractivity contribution in [2.45, 2.75) is 0 Å². The van der Waals surface area contributed by atoms with Crippen molar-refractivity contribution in [1.82, 2.24) is 29.1 Å². The molecule has 0 atom stereocenters. The number of nitriles is 1. The van der Waals surface area contributed by atoms with Gasteiger partial charge in [0.05, 0.1) is 57.8 Å². The predicted molar refractivity (Wildman–Crippen MR) is 290 cm³/mol. The van der Waals surface area contributed by atoms with Gasteiger partial charge in [0, 0.05) is 55.6 Å². The van der Waals surface area contributed by atoms with Crippen molar-refractivity contribution in [2.24, 2.45) is 0 Å². The Bertz CT molecular complexity index is 4270. The summed E-state index contributed by atoms with van der Waals surface area (Å²) >= 11 is 0. The Morgan fingerprint density at radius 2 is 0.847 bits per heavy atom. The van der Waals surface area contributed by atoms with Crippen molar-refractivity contribution in [3.8, 4) is 85.0 Å². The lowest BCUT2D eigenvalue weighted by Crippen LogP contribution is -2.04. The summed E-state index contributed by atoms with van der Waals surface area (Å²) in [6.45, 7) is 7.52. The Balaban J connectivity index is 1.07. The number of rotatable bonds is 8. The summed E-state index contributed by atoms with van der Waals surface area (Å²) in [6.07, 6.45) is 3.84. The lowest BCUT2D eigenvalue weighted by atomic mass is 9.99. The molecule has 8 nitrogen and oxygen atoms in total. The molecule has 0 aliphatic carbocycles. The van der Waals surface area contributed by atoms with E-state index in [4.69, 9.17) is 26.5 Å². The second-order valence-electron chi connectivity index (χ2n) is 17.7. The second kappa shape index (κ2) is 17.4. The molecule has 0 radical (unpaired) electrons. The molecule has 0 saturated carbocycles. The van der Waals surface area contributed by atoms with Gasteiger partial charge in [0.1, 0.15) is 0 Å². The number of aromatic nitrogens is 6. The molecule has 0 unspecified atom stereocenters. The van der Waals surface area contributed by atoms with Crippen LogP contribution in [0.15, 0.2) is 231 Å². The molecule has 0 spiro atoms. The Labute approximate surface area is 414 Å². The normalized spacial score (nSPS) is 11.3. The van der Waals surface area contributed by atoms with Gasteiger partial charge in [0.15, 0.2) is 23.2 Å². The highest BCUT2D eigenvalue weighted by Gasteiger charge is 2.23. The van der Waals surface area contributed by atoms with Crippen molar-refractivity contribution >= 4 is 49.3 Å². The molecule has 13 aromatic rings.